The van der Waals surface area contributed by atoms with Gasteiger partial charge in [-0.3, -0.25) is 4.99 Å². The van der Waals surface area contributed by atoms with Crippen molar-refractivity contribution < 1.29 is 0 Å². The minimum Gasteiger partial charge on any atom is -0.356 e. The van der Waals surface area contributed by atoms with Crippen LogP contribution in [0.2, 0.25) is 0 Å². The second-order valence-electron chi connectivity index (χ2n) is 4.95. The van der Waals surface area contributed by atoms with E-state index in [0.29, 0.717) is 0 Å². The number of aryl methyl sites for hydroxylation is 2. The Morgan fingerprint density at radius 1 is 1.18 bits per heavy atom. The molecular weight excluding hydrogens is 407 g/mol. The van der Waals surface area contributed by atoms with Crippen molar-refractivity contribution >= 4 is 41.3 Å². The third-order valence-corrected chi connectivity index (χ3v) is 4.08. The third-order valence-electron chi connectivity index (χ3n) is 3.10. The van der Waals surface area contributed by atoms with Gasteiger partial charge in [0.2, 0.25) is 0 Å². The van der Waals surface area contributed by atoms with Gasteiger partial charge in [-0.05, 0) is 19.4 Å². The van der Waals surface area contributed by atoms with Crippen molar-refractivity contribution in [3.63, 3.8) is 0 Å². The molecule has 0 saturated carbocycles. The van der Waals surface area contributed by atoms with Crippen molar-refractivity contribution in [2.75, 3.05) is 13.6 Å². The van der Waals surface area contributed by atoms with E-state index in [9.17, 15) is 0 Å². The van der Waals surface area contributed by atoms with Crippen LogP contribution in [0, 0.1) is 13.8 Å². The molecule has 1 aromatic heterocycles. The monoisotopic (exact) mass is 430 g/mol. The molecule has 22 heavy (non-hydrogen) atoms. The number of rotatable bonds is 5. The summed E-state index contributed by atoms with van der Waals surface area (Å²) in [5.74, 6) is 0.823. The molecule has 0 unspecified atom stereocenters. The summed E-state index contributed by atoms with van der Waals surface area (Å²) in [7, 11) is 1.79. The SMILES string of the molecule is CN=C(NCCc1ncc(C)s1)NCc1ccc(C)cc1.I. The third kappa shape index (κ3) is 6.31. The van der Waals surface area contributed by atoms with E-state index in [0.717, 1.165) is 30.5 Å². The highest BCUT2D eigenvalue weighted by atomic mass is 127. The van der Waals surface area contributed by atoms with Crippen LogP contribution in [0.3, 0.4) is 0 Å². The number of nitrogens with one attached hydrogen (secondary N) is 2. The molecule has 2 aromatic rings. The molecule has 4 nitrogen and oxygen atoms in total. The quantitative estimate of drug-likeness (QED) is 0.435. The fraction of sp³-hybridized carbons (Fsp3) is 0.375. The number of aliphatic imine (C=N–C) groups is 1. The second-order valence-corrected chi connectivity index (χ2v) is 6.27. The summed E-state index contributed by atoms with van der Waals surface area (Å²) >= 11 is 1.75. The minimum atomic E-state index is 0. The van der Waals surface area contributed by atoms with Gasteiger partial charge < -0.3 is 10.6 Å². The van der Waals surface area contributed by atoms with Crippen LogP contribution < -0.4 is 10.6 Å². The predicted octanol–water partition coefficient (Wildman–Crippen LogP) is 3.29. The lowest BCUT2D eigenvalue weighted by Gasteiger charge is -2.11. The first-order valence-electron chi connectivity index (χ1n) is 7.09. The molecular formula is C16H23IN4S. The number of hydrogen-bond donors (Lipinski definition) is 2. The number of hydrogen-bond acceptors (Lipinski definition) is 3. The van der Waals surface area contributed by atoms with Crippen LogP contribution in [0.4, 0.5) is 0 Å². The minimum absolute atomic E-state index is 0. The number of guanidine groups is 1. The molecule has 0 spiro atoms. The Morgan fingerprint density at radius 3 is 2.50 bits per heavy atom. The van der Waals surface area contributed by atoms with E-state index in [4.69, 9.17) is 0 Å². The van der Waals surface area contributed by atoms with Gasteiger partial charge in [-0.25, -0.2) is 4.98 Å². The maximum atomic E-state index is 4.36. The van der Waals surface area contributed by atoms with Gasteiger partial charge in [0.25, 0.3) is 0 Å². The molecule has 0 aliphatic carbocycles. The molecule has 0 amide bonds. The molecule has 0 atom stereocenters. The lowest BCUT2D eigenvalue weighted by Crippen LogP contribution is -2.37. The number of halogens is 1. The summed E-state index contributed by atoms with van der Waals surface area (Å²) in [6.45, 7) is 5.78. The maximum absolute atomic E-state index is 4.36. The van der Waals surface area contributed by atoms with Crippen molar-refractivity contribution in [1.29, 1.82) is 0 Å². The molecule has 0 aliphatic heterocycles. The predicted molar refractivity (Wildman–Crippen MR) is 105 cm³/mol. The molecule has 0 fully saturated rings. The van der Waals surface area contributed by atoms with E-state index in [-0.39, 0.29) is 24.0 Å². The van der Waals surface area contributed by atoms with E-state index < -0.39 is 0 Å². The standard InChI is InChI=1S/C16H22N4S.HI/c1-12-4-6-14(7-5-12)11-20-16(17-3)18-9-8-15-19-10-13(2)21-15;/h4-7,10H,8-9,11H2,1-3H3,(H2,17,18,20);1H. The first kappa shape index (κ1) is 18.9. The van der Waals surface area contributed by atoms with E-state index in [2.05, 4.69) is 58.7 Å². The lowest BCUT2D eigenvalue weighted by molar-refractivity contribution is 0.792. The normalized spacial score (nSPS) is 11.0. The van der Waals surface area contributed by atoms with Crippen LogP contribution in [0.5, 0.6) is 0 Å². The average molecular weight is 430 g/mol. The Bertz CT molecular complexity index is 592. The summed E-state index contributed by atoms with van der Waals surface area (Å²) in [6.07, 6.45) is 2.84. The number of benzene rings is 1. The van der Waals surface area contributed by atoms with E-state index in [1.54, 1.807) is 18.4 Å². The van der Waals surface area contributed by atoms with Gasteiger partial charge in [0.1, 0.15) is 0 Å². The van der Waals surface area contributed by atoms with Crippen molar-refractivity contribution in [1.82, 2.24) is 15.6 Å². The molecule has 2 N–H and O–H groups in total. The first-order valence-corrected chi connectivity index (χ1v) is 7.90. The Labute approximate surface area is 153 Å². The zero-order valence-electron chi connectivity index (χ0n) is 13.2. The van der Waals surface area contributed by atoms with Crippen molar-refractivity contribution in [3.8, 4) is 0 Å². The molecule has 2 rings (SSSR count). The van der Waals surface area contributed by atoms with Crippen LogP contribution in [0.1, 0.15) is 21.0 Å². The largest absolute Gasteiger partial charge is 0.356 e. The van der Waals surface area contributed by atoms with Crippen LogP contribution in [-0.2, 0) is 13.0 Å². The zero-order valence-corrected chi connectivity index (χ0v) is 16.4. The highest BCUT2D eigenvalue weighted by molar-refractivity contribution is 14.0. The molecule has 0 saturated heterocycles. The van der Waals surface area contributed by atoms with Gasteiger partial charge in [0, 0.05) is 37.6 Å². The van der Waals surface area contributed by atoms with Gasteiger partial charge in [0.05, 0.1) is 5.01 Å². The molecule has 120 valence electrons. The number of aromatic nitrogens is 1. The molecule has 1 heterocycles. The Morgan fingerprint density at radius 2 is 1.91 bits per heavy atom. The summed E-state index contributed by atoms with van der Waals surface area (Å²) in [5, 5.41) is 7.79. The van der Waals surface area contributed by atoms with Gasteiger partial charge in [-0.15, -0.1) is 35.3 Å². The summed E-state index contributed by atoms with van der Waals surface area (Å²) in [5.41, 5.74) is 2.53. The molecule has 0 aliphatic rings. The van der Waals surface area contributed by atoms with Gasteiger partial charge in [-0.2, -0.15) is 0 Å². The zero-order chi connectivity index (χ0) is 15.1. The van der Waals surface area contributed by atoms with Gasteiger partial charge in [-0.1, -0.05) is 29.8 Å². The van der Waals surface area contributed by atoms with Crippen LogP contribution in [0.15, 0.2) is 35.5 Å². The molecule has 6 heteroatoms. The highest BCUT2D eigenvalue weighted by Gasteiger charge is 2.01. The summed E-state index contributed by atoms with van der Waals surface area (Å²) in [6, 6.07) is 8.51. The number of thiazole rings is 1. The summed E-state index contributed by atoms with van der Waals surface area (Å²) < 4.78 is 0. The summed E-state index contributed by atoms with van der Waals surface area (Å²) in [4.78, 5) is 9.85. The van der Waals surface area contributed by atoms with Crippen molar-refractivity contribution in [2.24, 2.45) is 4.99 Å². The Hall–Kier alpha value is -1.15. The van der Waals surface area contributed by atoms with Gasteiger partial charge >= 0.3 is 0 Å². The number of nitrogens with zero attached hydrogens (tertiary/aromatic N) is 2. The Balaban J connectivity index is 0.00000242. The van der Waals surface area contributed by atoms with Crippen LogP contribution >= 0.6 is 35.3 Å². The van der Waals surface area contributed by atoms with Crippen molar-refractivity contribution in [2.45, 2.75) is 26.8 Å². The van der Waals surface area contributed by atoms with E-state index in [1.165, 1.54) is 16.0 Å². The fourth-order valence-corrected chi connectivity index (χ4v) is 2.70. The Kier molecular flexibility index (Phi) is 8.40. The van der Waals surface area contributed by atoms with E-state index >= 15 is 0 Å². The lowest BCUT2D eigenvalue weighted by atomic mass is 10.1. The second kappa shape index (κ2) is 9.78. The molecule has 1 aromatic carbocycles. The maximum Gasteiger partial charge on any atom is 0.191 e. The van der Waals surface area contributed by atoms with E-state index in [1.807, 2.05) is 6.20 Å². The highest BCUT2D eigenvalue weighted by Crippen LogP contribution is 2.10. The van der Waals surface area contributed by atoms with Gasteiger partial charge in [0.15, 0.2) is 5.96 Å². The van der Waals surface area contributed by atoms with Crippen molar-refractivity contribution in [3.05, 3.63) is 51.5 Å². The van der Waals surface area contributed by atoms with Crippen LogP contribution in [-0.4, -0.2) is 24.5 Å². The fourth-order valence-electron chi connectivity index (χ4n) is 1.92. The molecule has 0 radical (unpaired) electrons. The molecule has 0 bridgehead atoms. The first-order chi connectivity index (χ1) is 10.2. The topological polar surface area (TPSA) is 49.3 Å². The smallest absolute Gasteiger partial charge is 0.191 e. The van der Waals surface area contributed by atoms with Crippen LogP contribution in [0.25, 0.3) is 0 Å². The average Bonchev–Trinajstić information content (AvgIpc) is 2.90.